The fourth-order valence-electron chi connectivity index (χ4n) is 2.60. The second-order valence-electron chi connectivity index (χ2n) is 5.80. The molecule has 0 aliphatic rings. The number of rotatable bonds is 6. The van der Waals surface area contributed by atoms with E-state index in [1.165, 1.54) is 23.1 Å². The summed E-state index contributed by atoms with van der Waals surface area (Å²) in [5.74, 6) is -0.520. The van der Waals surface area contributed by atoms with Crippen LogP contribution in [0, 0.1) is 5.41 Å². The molecule has 1 aromatic heterocycles. The maximum atomic E-state index is 14.3. The average molecular weight is 496 g/mol. The molecule has 2 aromatic carbocycles. The van der Waals surface area contributed by atoms with Gasteiger partial charge in [0.1, 0.15) is 5.84 Å². The third-order valence-corrected chi connectivity index (χ3v) is 9.59. The van der Waals surface area contributed by atoms with Gasteiger partial charge in [-0.05, 0) is 42.7 Å². The number of halogens is 1. The molecule has 9 heteroatoms. The first-order valence-electron chi connectivity index (χ1n) is 8.12. The Hall–Kier alpha value is -1.94. The van der Waals surface area contributed by atoms with Crippen LogP contribution in [-0.2, 0) is 10.1 Å². The summed E-state index contributed by atoms with van der Waals surface area (Å²) in [7, 11) is -3.54. The molecule has 1 heterocycles. The number of hydrogen-bond donors (Lipinski definition) is 4. The van der Waals surface area contributed by atoms with Crippen LogP contribution in [-0.4, -0.2) is 22.2 Å². The number of amides is 1. The lowest BCUT2D eigenvalue weighted by molar-refractivity contribution is 0.0982. The topological polar surface area (TPSA) is 96.0 Å². The quantitative estimate of drug-likeness (QED) is 0.177. The molecule has 28 heavy (non-hydrogen) atoms. The lowest BCUT2D eigenvalue weighted by atomic mass is 10.2. The van der Waals surface area contributed by atoms with Gasteiger partial charge in [0, 0.05) is 25.1 Å². The molecule has 0 fully saturated rings. The molecular formula is C19H18BrN3O2S3. The lowest BCUT2D eigenvalue weighted by Gasteiger charge is -2.26. The van der Waals surface area contributed by atoms with E-state index in [0.29, 0.717) is 20.2 Å². The van der Waals surface area contributed by atoms with Gasteiger partial charge in [-0.25, -0.2) is 0 Å². The summed E-state index contributed by atoms with van der Waals surface area (Å²) in [5, 5.41) is 7.73. The van der Waals surface area contributed by atoms with Crippen molar-refractivity contribution in [3.05, 3.63) is 75.6 Å². The summed E-state index contributed by atoms with van der Waals surface area (Å²) >= 11 is 6.12. The molecule has 0 atom stereocenters. The highest BCUT2D eigenvalue weighted by Crippen LogP contribution is 2.40. The molecule has 5 nitrogen and oxygen atoms in total. The predicted molar refractivity (Wildman–Crippen MR) is 121 cm³/mol. The van der Waals surface area contributed by atoms with Crippen molar-refractivity contribution in [2.75, 3.05) is 6.26 Å². The van der Waals surface area contributed by atoms with E-state index in [1.54, 1.807) is 48.5 Å². The Morgan fingerprint density at radius 1 is 1.18 bits per heavy atom. The third kappa shape index (κ3) is 4.22. The van der Waals surface area contributed by atoms with Crippen molar-refractivity contribution in [3.63, 3.8) is 0 Å². The van der Waals surface area contributed by atoms with Gasteiger partial charge in [0.2, 0.25) is 0 Å². The van der Waals surface area contributed by atoms with E-state index in [-0.39, 0.29) is 5.84 Å². The minimum atomic E-state index is -3.54. The second kappa shape index (κ2) is 8.60. The first-order chi connectivity index (χ1) is 13.3. The van der Waals surface area contributed by atoms with Crippen molar-refractivity contribution in [1.82, 2.24) is 4.72 Å². The molecule has 3 aromatic rings. The Morgan fingerprint density at radius 3 is 2.50 bits per heavy atom. The fourth-order valence-corrected chi connectivity index (χ4v) is 8.09. The zero-order valence-corrected chi connectivity index (χ0v) is 18.9. The number of nitrogens with one attached hydrogen (secondary N) is 2. The van der Waals surface area contributed by atoms with E-state index < -0.39 is 16.0 Å². The highest BCUT2D eigenvalue weighted by atomic mass is 79.9. The lowest BCUT2D eigenvalue weighted by Crippen LogP contribution is -2.37. The van der Waals surface area contributed by atoms with Gasteiger partial charge in [-0.15, -0.1) is 23.1 Å². The minimum Gasteiger partial charge on any atom is -0.383 e. The predicted octanol–water partition coefficient (Wildman–Crippen LogP) is 4.30. The van der Waals surface area contributed by atoms with Crippen molar-refractivity contribution < 1.29 is 9.00 Å². The van der Waals surface area contributed by atoms with Gasteiger partial charge >= 0.3 is 0 Å². The van der Waals surface area contributed by atoms with E-state index in [0.717, 1.165) is 8.68 Å². The summed E-state index contributed by atoms with van der Waals surface area (Å²) in [6, 6.07) is 17.4. The molecule has 0 unspecified atom stereocenters. The largest absolute Gasteiger partial charge is 0.383 e. The van der Waals surface area contributed by atoms with Crippen molar-refractivity contribution in [1.29, 1.82) is 5.41 Å². The van der Waals surface area contributed by atoms with Crippen LogP contribution >= 0.6 is 39.0 Å². The summed E-state index contributed by atoms with van der Waals surface area (Å²) < 4.78 is 18.6. The molecular weight excluding hydrogens is 478 g/mol. The molecule has 1 amide bonds. The maximum absolute atomic E-state index is 14.3. The van der Waals surface area contributed by atoms with Crippen molar-refractivity contribution in [3.8, 4) is 0 Å². The van der Waals surface area contributed by atoms with Crippen LogP contribution in [0.2, 0.25) is 0 Å². The monoisotopic (exact) mass is 495 g/mol. The standard InChI is InChI=1S/C19H18BrN3O2S3/c1-26-19-16(11-15(27-19)17(21)22)28(25,14-9-5-8-13(20)10-14)23-18(24)12-6-3-2-4-7-12/h2-11,28H,1H3,(H3,21,22)(H,23,24,25). The summed E-state index contributed by atoms with van der Waals surface area (Å²) in [5.41, 5.74) is 6.07. The Morgan fingerprint density at radius 2 is 1.89 bits per heavy atom. The van der Waals surface area contributed by atoms with Crippen LogP contribution in [0.15, 0.2) is 79.1 Å². The molecule has 0 aliphatic heterocycles. The first kappa shape index (κ1) is 20.8. The van der Waals surface area contributed by atoms with E-state index in [9.17, 15) is 9.00 Å². The second-order valence-corrected chi connectivity index (χ2v) is 11.3. The van der Waals surface area contributed by atoms with Crippen LogP contribution in [0.25, 0.3) is 0 Å². The van der Waals surface area contributed by atoms with Crippen molar-refractivity contribution >= 4 is 60.9 Å². The number of thioether (sulfide) groups is 1. The summed E-state index contributed by atoms with van der Waals surface area (Å²) in [6.45, 7) is 0. The SMILES string of the molecule is CSc1sc(C(=N)N)cc1[SH](=O)(NC(=O)c1ccccc1)c1cccc(Br)c1. The number of nitrogens with two attached hydrogens (primary N) is 1. The summed E-state index contributed by atoms with van der Waals surface area (Å²) in [6.07, 6.45) is 1.86. The molecule has 0 saturated carbocycles. The number of carbonyl (C=O) groups excluding carboxylic acids is 1. The van der Waals surface area contributed by atoms with E-state index >= 15 is 0 Å². The van der Waals surface area contributed by atoms with E-state index in [4.69, 9.17) is 11.1 Å². The van der Waals surface area contributed by atoms with Gasteiger partial charge in [-0.3, -0.25) is 19.1 Å². The number of hydrogen-bond acceptors (Lipinski definition) is 5. The van der Waals surface area contributed by atoms with Crippen molar-refractivity contribution in [2.45, 2.75) is 14.0 Å². The Kier molecular flexibility index (Phi) is 6.39. The zero-order valence-electron chi connectivity index (χ0n) is 14.8. The summed E-state index contributed by atoms with van der Waals surface area (Å²) in [4.78, 5) is 14.4. The van der Waals surface area contributed by atoms with Gasteiger partial charge in [0.15, 0.2) is 0 Å². The highest BCUT2D eigenvalue weighted by Gasteiger charge is 2.29. The van der Waals surface area contributed by atoms with Gasteiger partial charge < -0.3 is 5.73 Å². The zero-order chi connectivity index (χ0) is 20.3. The molecule has 0 saturated heterocycles. The van der Waals surface area contributed by atoms with Crippen molar-refractivity contribution in [2.24, 2.45) is 5.73 Å². The number of amidine groups is 1. The Labute approximate surface area is 180 Å². The smallest absolute Gasteiger partial charge is 0.261 e. The Balaban J connectivity index is 2.17. The molecule has 0 aliphatic carbocycles. The number of thiophene rings is 1. The maximum Gasteiger partial charge on any atom is 0.261 e. The molecule has 0 radical (unpaired) electrons. The Bertz CT molecular complexity index is 1080. The molecule has 3 rings (SSSR count). The normalized spacial score (nSPS) is 11.8. The van der Waals surface area contributed by atoms with Gasteiger partial charge in [-0.2, -0.15) is 0 Å². The van der Waals surface area contributed by atoms with Gasteiger partial charge in [-0.1, -0.05) is 40.2 Å². The van der Waals surface area contributed by atoms with E-state index in [1.807, 2.05) is 18.4 Å². The van der Waals surface area contributed by atoms with Crippen LogP contribution < -0.4 is 10.5 Å². The van der Waals surface area contributed by atoms with Crippen LogP contribution in [0.4, 0.5) is 0 Å². The molecule has 0 spiro atoms. The average Bonchev–Trinajstić information content (AvgIpc) is 3.14. The minimum absolute atomic E-state index is 0.0956. The highest BCUT2D eigenvalue weighted by molar-refractivity contribution is 9.10. The molecule has 0 bridgehead atoms. The number of nitrogen functional groups attached to an aromatic ring is 1. The van der Waals surface area contributed by atoms with E-state index in [2.05, 4.69) is 20.7 Å². The molecule has 4 N–H and O–H groups in total. The van der Waals surface area contributed by atoms with Crippen LogP contribution in [0.5, 0.6) is 0 Å². The van der Waals surface area contributed by atoms with Gasteiger partial charge in [0.05, 0.1) is 14.0 Å². The van der Waals surface area contributed by atoms with Gasteiger partial charge in [0.25, 0.3) is 5.91 Å². The first-order valence-corrected chi connectivity index (χ1v) is 12.7. The number of benzene rings is 2. The van der Waals surface area contributed by atoms with Crippen LogP contribution in [0.3, 0.4) is 0 Å². The fraction of sp³-hybridized carbons (Fsp3) is 0.0526. The number of carbonyl (C=O) groups is 1. The number of thiol groups is 1. The molecule has 146 valence electrons. The third-order valence-electron chi connectivity index (χ3n) is 3.94. The van der Waals surface area contributed by atoms with Crippen LogP contribution in [0.1, 0.15) is 15.2 Å².